The molecule has 0 saturated carbocycles. The van der Waals surface area contributed by atoms with E-state index in [-0.39, 0.29) is 0 Å². The maximum atomic E-state index is 13.6. The lowest BCUT2D eigenvalue weighted by atomic mass is 9.63. The Labute approximate surface area is 341 Å². The normalized spacial score (nSPS) is 20.0. The Kier molecular flexibility index (Phi) is 33.2. The zero-order valence-corrected chi connectivity index (χ0v) is 39.0. The summed E-state index contributed by atoms with van der Waals surface area (Å²) in [6.07, 6.45) is 51.9. The van der Waals surface area contributed by atoms with Crippen molar-refractivity contribution in [2.45, 2.75) is 309 Å². The van der Waals surface area contributed by atoms with Gasteiger partial charge in [-0.15, -0.1) is 0 Å². The first-order chi connectivity index (χ1) is 26.4. The molecule has 1 N–H and O–H groups in total. The minimum Gasteiger partial charge on any atom is -0.481 e. The van der Waals surface area contributed by atoms with Crippen molar-refractivity contribution in [2.24, 2.45) is 5.41 Å². The summed E-state index contributed by atoms with van der Waals surface area (Å²) >= 11 is 0. The van der Waals surface area contributed by atoms with Crippen LogP contribution in [0.5, 0.6) is 0 Å². The topological polar surface area (TPSA) is 46.5 Å². The molecular formula is C50H100O3Si. The van der Waals surface area contributed by atoms with E-state index in [9.17, 15) is 9.90 Å². The number of aliphatic carboxylic acids is 1. The summed E-state index contributed by atoms with van der Waals surface area (Å²) in [6.45, 7) is 11.5. The third kappa shape index (κ3) is 23.2. The summed E-state index contributed by atoms with van der Waals surface area (Å²) in [4.78, 5) is 13.6. The number of carboxylic acids is 1. The highest BCUT2D eigenvalue weighted by Gasteiger charge is 2.59. The molecule has 1 aliphatic rings. The van der Waals surface area contributed by atoms with E-state index in [4.69, 9.17) is 4.43 Å². The van der Waals surface area contributed by atoms with Crippen LogP contribution in [0.1, 0.15) is 285 Å². The third-order valence-corrected chi connectivity index (χ3v) is 17.5. The van der Waals surface area contributed by atoms with Crippen LogP contribution in [0.4, 0.5) is 0 Å². The van der Waals surface area contributed by atoms with Gasteiger partial charge in [0.2, 0.25) is 0 Å². The van der Waals surface area contributed by atoms with E-state index in [1.807, 2.05) is 0 Å². The Morgan fingerprint density at radius 1 is 0.519 bits per heavy atom. The van der Waals surface area contributed by atoms with E-state index in [0.717, 1.165) is 32.1 Å². The molecule has 1 aliphatic heterocycles. The molecule has 4 heteroatoms. The van der Waals surface area contributed by atoms with Crippen LogP contribution in [0.15, 0.2) is 0 Å². The minimum atomic E-state index is -1.99. The van der Waals surface area contributed by atoms with E-state index in [1.54, 1.807) is 0 Å². The summed E-state index contributed by atoms with van der Waals surface area (Å²) in [5, 5.41) is 11.1. The highest BCUT2D eigenvalue weighted by molar-refractivity contribution is 6.72. The molecule has 1 rings (SSSR count). The molecule has 322 valence electrons. The lowest BCUT2D eigenvalue weighted by Crippen LogP contribution is -2.61. The van der Waals surface area contributed by atoms with Gasteiger partial charge in [0, 0.05) is 0 Å². The minimum absolute atomic E-state index is 0.470. The standard InChI is InChI=1S/C50H100O3Si/c1-6-10-13-16-19-21-23-25-27-29-31-34-37-40-44-50(49(9-4,48(51)52)43-39-36-33-18-15-12-8-3)45-42-47-54(5,53-50)46-41-38-35-32-30-28-26-24-22-20-17-14-11-7-2/h6-47H2,1-5H3,(H,51,52). The molecule has 0 aromatic heterocycles. The molecule has 0 radical (unpaired) electrons. The second kappa shape index (κ2) is 34.7. The molecule has 3 nitrogen and oxygen atoms in total. The smallest absolute Gasteiger partial charge is 0.312 e. The van der Waals surface area contributed by atoms with Crippen LogP contribution in [-0.4, -0.2) is 25.0 Å². The summed E-state index contributed by atoms with van der Waals surface area (Å²) in [5.41, 5.74) is -1.21. The molecular weight excluding hydrogens is 677 g/mol. The zero-order chi connectivity index (χ0) is 39.5. The number of carbonyl (C=O) groups is 1. The number of unbranched alkanes of at least 4 members (excludes halogenated alkanes) is 32. The van der Waals surface area contributed by atoms with Crippen molar-refractivity contribution < 1.29 is 14.3 Å². The first kappa shape index (κ1) is 51.7. The van der Waals surface area contributed by atoms with Crippen molar-refractivity contribution in [1.29, 1.82) is 0 Å². The van der Waals surface area contributed by atoms with Crippen molar-refractivity contribution >= 4 is 14.3 Å². The fraction of sp³-hybridized carbons (Fsp3) is 0.980. The fourth-order valence-electron chi connectivity index (χ4n) is 10.1. The molecule has 0 aromatic rings. The SMILES string of the molecule is CCCCCCCCCCCCCCCCC1(C(CC)(CCCCCCCCC)C(=O)O)CCC[Si](C)(CCCCCCCCCCCCCCCC)O1. The van der Waals surface area contributed by atoms with Crippen LogP contribution < -0.4 is 0 Å². The molecule has 3 unspecified atom stereocenters. The third-order valence-electron chi connectivity index (χ3n) is 13.8. The largest absolute Gasteiger partial charge is 0.481 e. The number of hydrogen-bond donors (Lipinski definition) is 1. The molecule has 1 saturated heterocycles. The van der Waals surface area contributed by atoms with E-state index in [0.29, 0.717) is 6.42 Å². The van der Waals surface area contributed by atoms with Crippen LogP contribution >= 0.6 is 0 Å². The Morgan fingerprint density at radius 3 is 1.20 bits per heavy atom. The predicted octanol–water partition coefficient (Wildman–Crippen LogP) is 18.1. The second-order valence-corrected chi connectivity index (χ2v) is 22.8. The number of rotatable bonds is 41. The highest BCUT2D eigenvalue weighted by atomic mass is 28.4. The van der Waals surface area contributed by atoms with Crippen LogP contribution in [-0.2, 0) is 9.22 Å². The van der Waals surface area contributed by atoms with Gasteiger partial charge >= 0.3 is 5.97 Å². The van der Waals surface area contributed by atoms with Gasteiger partial charge in [0.1, 0.15) is 0 Å². The lowest BCUT2D eigenvalue weighted by Gasteiger charge is -2.55. The van der Waals surface area contributed by atoms with E-state index < -0.39 is 25.3 Å². The quantitative estimate of drug-likeness (QED) is 0.0497. The molecule has 0 amide bonds. The van der Waals surface area contributed by atoms with E-state index in [2.05, 4.69) is 34.2 Å². The van der Waals surface area contributed by atoms with Gasteiger partial charge in [0.25, 0.3) is 0 Å². The molecule has 0 bridgehead atoms. The Hall–Kier alpha value is -0.353. The van der Waals surface area contributed by atoms with Crippen molar-refractivity contribution in [2.75, 3.05) is 0 Å². The highest BCUT2D eigenvalue weighted by Crippen LogP contribution is 2.53. The summed E-state index contributed by atoms with van der Waals surface area (Å²) < 4.78 is 7.57. The molecule has 54 heavy (non-hydrogen) atoms. The molecule has 0 aliphatic carbocycles. The van der Waals surface area contributed by atoms with Crippen molar-refractivity contribution in [3.63, 3.8) is 0 Å². The maximum Gasteiger partial charge on any atom is 0.312 e. The molecule has 0 spiro atoms. The predicted molar refractivity (Wildman–Crippen MR) is 242 cm³/mol. The van der Waals surface area contributed by atoms with Gasteiger partial charge in [-0.1, -0.05) is 259 Å². The van der Waals surface area contributed by atoms with Gasteiger partial charge in [-0.2, -0.15) is 0 Å². The lowest BCUT2D eigenvalue weighted by molar-refractivity contribution is -0.174. The molecule has 0 aromatic carbocycles. The van der Waals surface area contributed by atoms with Gasteiger partial charge in [-0.3, -0.25) is 4.79 Å². The maximum absolute atomic E-state index is 13.6. The number of hydrogen-bond acceptors (Lipinski definition) is 2. The van der Waals surface area contributed by atoms with Crippen LogP contribution in [0.3, 0.4) is 0 Å². The Bertz CT molecular complexity index is 833. The molecule has 3 atom stereocenters. The molecule has 1 fully saturated rings. The van der Waals surface area contributed by atoms with E-state index >= 15 is 0 Å². The van der Waals surface area contributed by atoms with Gasteiger partial charge in [0.15, 0.2) is 8.32 Å². The van der Waals surface area contributed by atoms with Gasteiger partial charge in [0.05, 0.1) is 11.0 Å². The average Bonchev–Trinajstić information content (AvgIpc) is 3.16. The van der Waals surface area contributed by atoms with Gasteiger partial charge in [-0.05, 0) is 44.3 Å². The van der Waals surface area contributed by atoms with Crippen LogP contribution in [0.2, 0.25) is 18.6 Å². The second-order valence-electron chi connectivity index (χ2n) is 18.7. The van der Waals surface area contributed by atoms with Crippen molar-refractivity contribution in [1.82, 2.24) is 0 Å². The Balaban J connectivity index is 2.66. The number of carboxylic acid groups (broad SMARTS) is 1. The Morgan fingerprint density at radius 2 is 0.852 bits per heavy atom. The van der Waals surface area contributed by atoms with Crippen molar-refractivity contribution in [3.05, 3.63) is 0 Å². The summed E-state index contributed by atoms with van der Waals surface area (Å²) in [7, 11) is -1.99. The summed E-state index contributed by atoms with van der Waals surface area (Å²) in [5.74, 6) is -0.559. The van der Waals surface area contributed by atoms with Crippen molar-refractivity contribution in [3.8, 4) is 0 Å². The summed E-state index contributed by atoms with van der Waals surface area (Å²) in [6, 6.07) is 2.45. The average molecular weight is 777 g/mol. The first-order valence-electron chi connectivity index (χ1n) is 25.3. The van der Waals surface area contributed by atoms with Crippen LogP contribution in [0, 0.1) is 5.41 Å². The monoisotopic (exact) mass is 777 g/mol. The van der Waals surface area contributed by atoms with E-state index in [1.165, 1.54) is 230 Å². The van der Waals surface area contributed by atoms with Gasteiger partial charge < -0.3 is 9.53 Å². The zero-order valence-electron chi connectivity index (χ0n) is 38.0. The molecule has 1 heterocycles. The van der Waals surface area contributed by atoms with Gasteiger partial charge in [-0.25, -0.2) is 0 Å². The van der Waals surface area contributed by atoms with Crippen LogP contribution in [0.25, 0.3) is 0 Å². The fourth-order valence-corrected chi connectivity index (χ4v) is 13.8. The first-order valence-corrected chi connectivity index (χ1v) is 28.1.